The summed E-state index contributed by atoms with van der Waals surface area (Å²) in [5.74, 6) is 0.348. The topological polar surface area (TPSA) is 205 Å². The van der Waals surface area contributed by atoms with E-state index < -0.39 is 74.6 Å². The smallest absolute Gasteiger partial charge is 0.229 e. The Balaban J connectivity index is 1.31. The average molecular weight is 551 g/mol. The number of ketones is 1. The lowest BCUT2D eigenvalue weighted by molar-refractivity contribution is -0.318. The van der Waals surface area contributed by atoms with Crippen LogP contribution in [-0.2, 0) is 14.2 Å². The Morgan fingerprint density at radius 1 is 1.00 bits per heavy atom. The van der Waals surface area contributed by atoms with Gasteiger partial charge in [0.2, 0.25) is 6.29 Å². The maximum absolute atomic E-state index is 12.5. The average Bonchev–Trinajstić information content (AvgIpc) is 3.21. The molecule has 0 unspecified atom stereocenters. The molecule has 0 saturated carbocycles. The van der Waals surface area contributed by atoms with E-state index in [2.05, 4.69) is 0 Å². The van der Waals surface area contributed by atoms with Crippen molar-refractivity contribution in [1.82, 2.24) is 0 Å². The minimum atomic E-state index is -1.98. The standard InChI is InChI=1S/C26H30O13/c27-9-19-20(31)21(32)22(39-25-23(33)26(34,10-28)11-35-25)24(38-19)36-14-4-1-12(2-5-14)17-8-16(30)15-6-3-13(29)7-18(15)37-17/h1-7,17,19-25,27-29,31-34H,8-11H2/t17-,19+,20+,21-,22+,23+,24+,25+,26-/m0/s1. The van der Waals surface area contributed by atoms with E-state index in [-0.39, 0.29) is 29.5 Å². The van der Waals surface area contributed by atoms with Gasteiger partial charge >= 0.3 is 0 Å². The van der Waals surface area contributed by atoms with Crippen molar-refractivity contribution in [3.05, 3.63) is 53.6 Å². The third-order valence-corrected chi connectivity index (χ3v) is 7.11. The van der Waals surface area contributed by atoms with Crippen LogP contribution >= 0.6 is 0 Å². The van der Waals surface area contributed by atoms with Crippen LogP contribution in [0.5, 0.6) is 17.2 Å². The highest BCUT2D eigenvalue weighted by Gasteiger charge is 2.53. The predicted octanol–water partition coefficient (Wildman–Crippen LogP) is -1.26. The largest absolute Gasteiger partial charge is 0.508 e. The first-order valence-corrected chi connectivity index (χ1v) is 12.3. The molecule has 9 atom stereocenters. The van der Waals surface area contributed by atoms with Crippen LogP contribution in [0.1, 0.15) is 28.4 Å². The van der Waals surface area contributed by atoms with Gasteiger partial charge in [-0.3, -0.25) is 4.79 Å². The highest BCUT2D eigenvalue weighted by molar-refractivity contribution is 6.00. The molecule has 2 fully saturated rings. The van der Waals surface area contributed by atoms with E-state index in [4.69, 9.17) is 23.7 Å². The van der Waals surface area contributed by atoms with Crippen molar-refractivity contribution in [2.75, 3.05) is 19.8 Å². The number of aliphatic hydroxyl groups excluding tert-OH is 5. The highest BCUT2D eigenvalue weighted by Crippen LogP contribution is 2.38. The predicted molar refractivity (Wildman–Crippen MR) is 128 cm³/mol. The molecule has 2 aromatic carbocycles. The second-order valence-corrected chi connectivity index (χ2v) is 9.79. The maximum atomic E-state index is 12.5. The number of phenols is 1. The van der Waals surface area contributed by atoms with Crippen LogP contribution < -0.4 is 9.47 Å². The first kappa shape index (κ1) is 27.7. The van der Waals surface area contributed by atoms with Crippen molar-refractivity contribution in [1.29, 1.82) is 0 Å². The number of carbonyl (C=O) groups is 1. The van der Waals surface area contributed by atoms with E-state index in [0.29, 0.717) is 11.1 Å². The lowest BCUT2D eigenvalue weighted by atomic mass is 9.96. The number of ether oxygens (including phenoxy) is 5. The van der Waals surface area contributed by atoms with Gasteiger partial charge in [-0.2, -0.15) is 0 Å². The van der Waals surface area contributed by atoms with Crippen molar-refractivity contribution in [2.24, 2.45) is 0 Å². The highest BCUT2D eigenvalue weighted by atomic mass is 16.8. The van der Waals surface area contributed by atoms with Gasteiger partial charge in [-0.05, 0) is 29.8 Å². The molecule has 0 bridgehead atoms. The number of aromatic hydroxyl groups is 1. The summed E-state index contributed by atoms with van der Waals surface area (Å²) < 4.78 is 28.3. The summed E-state index contributed by atoms with van der Waals surface area (Å²) in [6, 6.07) is 10.7. The van der Waals surface area contributed by atoms with Crippen LogP contribution in [0.4, 0.5) is 0 Å². The van der Waals surface area contributed by atoms with E-state index in [1.165, 1.54) is 18.2 Å². The number of hydrogen-bond donors (Lipinski definition) is 7. The molecule has 212 valence electrons. The summed E-state index contributed by atoms with van der Waals surface area (Å²) in [5.41, 5.74) is -0.945. The van der Waals surface area contributed by atoms with Crippen LogP contribution in [0.3, 0.4) is 0 Å². The van der Waals surface area contributed by atoms with Gasteiger partial charge in [0.1, 0.15) is 53.4 Å². The van der Waals surface area contributed by atoms with Crippen LogP contribution in [0, 0.1) is 0 Å². The number of rotatable bonds is 7. The Kier molecular flexibility index (Phi) is 7.79. The van der Waals surface area contributed by atoms with E-state index in [9.17, 15) is 40.5 Å². The summed E-state index contributed by atoms with van der Waals surface area (Å²) in [7, 11) is 0. The zero-order chi connectivity index (χ0) is 27.9. The molecule has 2 saturated heterocycles. The summed E-state index contributed by atoms with van der Waals surface area (Å²) in [6.45, 7) is -1.88. The van der Waals surface area contributed by atoms with Gasteiger partial charge in [0.25, 0.3) is 0 Å². The van der Waals surface area contributed by atoms with Crippen molar-refractivity contribution < 1.29 is 64.2 Å². The van der Waals surface area contributed by atoms with E-state index in [1.807, 2.05) is 0 Å². The Hall–Kier alpha value is -2.85. The molecule has 0 spiro atoms. The maximum Gasteiger partial charge on any atom is 0.229 e. The third kappa shape index (κ3) is 5.33. The van der Waals surface area contributed by atoms with Crippen LogP contribution in [-0.4, -0.2) is 110 Å². The number of phenolic OH excluding ortho intramolecular Hbond substituents is 1. The minimum Gasteiger partial charge on any atom is -0.508 e. The second-order valence-electron chi connectivity index (χ2n) is 9.79. The molecule has 13 heteroatoms. The fraction of sp³-hybridized carbons (Fsp3) is 0.500. The summed E-state index contributed by atoms with van der Waals surface area (Å²) >= 11 is 0. The molecule has 2 aromatic rings. The SMILES string of the molecule is O=C1C[C@@H](c2ccc(O[C@@H]3O[C@H](CO)[C@@H](O)[C@H](O)[C@H]3O[C@H]3OC[C@@](O)(CO)[C@@H]3O)cc2)Oc2cc(O)ccc21. The number of hydrogen-bond acceptors (Lipinski definition) is 13. The molecule has 5 rings (SSSR count). The van der Waals surface area contributed by atoms with Crippen molar-refractivity contribution in [3.8, 4) is 17.2 Å². The number of aliphatic hydroxyl groups is 6. The first-order valence-electron chi connectivity index (χ1n) is 12.3. The van der Waals surface area contributed by atoms with Gasteiger partial charge in [0.05, 0.1) is 31.8 Å². The summed E-state index contributed by atoms with van der Waals surface area (Å²) in [6.07, 6.45) is -10.9. The Morgan fingerprint density at radius 2 is 1.74 bits per heavy atom. The first-order chi connectivity index (χ1) is 18.6. The number of carbonyl (C=O) groups excluding carboxylic acids is 1. The minimum absolute atomic E-state index is 0.0275. The molecule has 0 aromatic heterocycles. The van der Waals surface area contributed by atoms with Gasteiger partial charge in [0, 0.05) is 6.07 Å². The van der Waals surface area contributed by atoms with Crippen LogP contribution in [0.15, 0.2) is 42.5 Å². The molecule has 7 N–H and O–H groups in total. The van der Waals surface area contributed by atoms with Crippen molar-refractivity contribution >= 4 is 5.78 Å². The van der Waals surface area contributed by atoms with Crippen molar-refractivity contribution in [2.45, 2.75) is 61.2 Å². The van der Waals surface area contributed by atoms with Gasteiger partial charge in [-0.15, -0.1) is 0 Å². The Morgan fingerprint density at radius 3 is 2.41 bits per heavy atom. The van der Waals surface area contributed by atoms with E-state index >= 15 is 0 Å². The molecule has 3 aliphatic rings. The number of benzene rings is 2. The fourth-order valence-corrected chi connectivity index (χ4v) is 4.75. The molecule has 3 aliphatic heterocycles. The van der Waals surface area contributed by atoms with Gasteiger partial charge in [-0.25, -0.2) is 0 Å². The molecule has 0 aliphatic carbocycles. The van der Waals surface area contributed by atoms with Crippen molar-refractivity contribution in [3.63, 3.8) is 0 Å². The molecule has 0 radical (unpaired) electrons. The number of fused-ring (bicyclic) bond motifs is 1. The normalized spacial score (nSPS) is 36.3. The molecular weight excluding hydrogens is 520 g/mol. The fourth-order valence-electron chi connectivity index (χ4n) is 4.75. The quantitative estimate of drug-likeness (QED) is 0.215. The van der Waals surface area contributed by atoms with Gasteiger partial charge < -0.3 is 59.4 Å². The summed E-state index contributed by atoms with van der Waals surface area (Å²) in [4.78, 5) is 12.5. The van der Waals surface area contributed by atoms with E-state index in [1.54, 1.807) is 24.3 Å². The second kappa shape index (κ2) is 11.0. The molecule has 13 nitrogen and oxygen atoms in total. The third-order valence-electron chi connectivity index (χ3n) is 7.11. The number of Topliss-reactive ketones (excluding diaryl/α,β-unsaturated/α-hetero) is 1. The molecule has 39 heavy (non-hydrogen) atoms. The zero-order valence-corrected chi connectivity index (χ0v) is 20.6. The zero-order valence-electron chi connectivity index (χ0n) is 20.6. The molecule has 0 amide bonds. The molecule has 3 heterocycles. The lowest BCUT2D eigenvalue weighted by Gasteiger charge is -2.42. The van der Waals surface area contributed by atoms with Gasteiger partial charge in [-0.1, -0.05) is 12.1 Å². The summed E-state index contributed by atoms with van der Waals surface area (Å²) in [5, 5.41) is 70.3. The van der Waals surface area contributed by atoms with Crippen LogP contribution in [0.2, 0.25) is 0 Å². The van der Waals surface area contributed by atoms with Crippen LogP contribution in [0.25, 0.3) is 0 Å². The Bertz CT molecular complexity index is 1170. The lowest BCUT2D eigenvalue weighted by Crippen LogP contribution is -2.62. The monoisotopic (exact) mass is 550 g/mol. The van der Waals surface area contributed by atoms with E-state index in [0.717, 1.165) is 0 Å². The molecular formula is C26H30O13. The van der Waals surface area contributed by atoms with Gasteiger partial charge in [0.15, 0.2) is 18.2 Å². The Labute approximate surface area is 222 Å².